The van der Waals surface area contributed by atoms with E-state index in [1.807, 2.05) is 0 Å². The number of hydrogen-bond donors (Lipinski definition) is 3. The molecule has 0 amide bonds. The van der Waals surface area contributed by atoms with E-state index in [2.05, 4.69) is 10.6 Å². The van der Waals surface area contributed by atoms with Crippen LogP contribution in [0.2, 0.25) is 0 Å². The van der Waals surface area contributed by atoms with Gasteiger partial charge in [0.2, 0.25) is 0 Å². The van der Waals surface area contributed by atoms with Crippen molar-refractivity contribution < 1.29 is 5.11 Å². The van der Waals surface area contributed by atoms with Crippen LogP contribution < -0.4 is 10.6 Å². The lowest BCUT2D eigenvalue weighted by Gasteiger charge is -2.37. The van der Waals surface area contributed by atoms with E-state index in [1.54, 1.807) is 0 Å². The van der Waals surface area contributed by atoms with Gasteiger partial charge in [0.1, 0.15) is 0 Å². The van der Waals surface area contributed by atoms with Gasteiger partial charge in [-0.3, -0.25) is 0 Å². The van der Waals surface area contributed by atoms with E-state index in [0.29, 0.717) is 12.6 Å². The van der Waals surface area contributed by atoms with E-state index in [9.17, 15) is 5.11 Å². The van der Waals surface area contributed by atoms with Crippen molar-refractivity contribution in [3.05, 3.63) is 0 Å². The molecule has 1 atom stereocenters. The Morgan fingerprint density at radius 1 is 1.20 bits per heavy atom. The standard InChI is InChI=1S/C12H24N2O/c15-10-12(6-2-1-3-7-12)14-9-11-5-4-8-13-11/h11,13-15H,1-10H2. The van der Waals surface area contributed by atoms with E-state index in [-0.39, 0.29) is 5.54 Å². The molecule has 1 saturated heterocycles. The van der Waals surface area contributed by atoms with E-state index >= 15 is 0 Å². The van der Waals surface area contributed by atoms with Crippen LogP contribution >= 0.6 is 0 Å². The zero-order valence-electron chi connectivity index (χ0n) is 9.60. The maximum atomic E-state index is 9.53. The lowest BCUT2D eigenvalue weighted by atomic mass is 9.82. The summed E-state index contributed by atoms with van der Waals surface area (Å²) in [6.07, 6.45) is 8.77. The Hall–Kier alpha value is -0.120. The molecule has 0 bridgehead atoms. The first kappa shape index (κ1) is 11.4. The molecule has 2 aliphatic rings. The predicted molar refractivity (Wildman–Crippen MR) is 61.9 cm³/mol. The lowest BCUT2D eigenvalue weighted by Crippen LogP contribution is -2.53. The summed E-state index contributed by atoms with van der Waals surface area (Å²) in [5.41, 5.74) is 0.0442. The number of nitrogens with one attached hydrogen (secondary N) is 2. The van der Waals surface area contributed by atoms with Gasteiger partial charge in [0, 0.05) is 18.1 Å². The molecule has 0 radical (unpaired) electrons. The molecule has 1 aliphatic carbocycles. The third-order valence-electron chi connectivity index (χ3n) is 4.00. The number of aliphatic hydroxyl groups is 1. The fraction of sp³-hybridized carbons (Fsp3) is 1.00. The van der Waals surface area contributed by atoms with E-state index in [0.717, 1.165) is 19.4 Å². The summed E-state index contributed by atoms with van der Waals surface area (Å²) in [7, 11) is 0. The lowest BCUT2D eigenvalue weighted by molar-refractivity contribution is 0.119. The van der Waals surface area contributed by atoms with Crippen molar-refractivity contribution in [3.8, 4) is 0 Å². The highest BCUT2D eigenvalue weighted by atomic mass is 16.3. The number of aliphatic hydroxyl groups excluding tert-OH is 1. The van der Waals surface area contributed by atoms with Gasteiger partial charge in [0.25, 0.3) is 0 Å². The van der Waals surface area contributed by atoms with Crippen LogP contribution in [0.25, 0.3) is 0 Å². The second-order valence-corrected chi connectivity index (χ2v) is 5.17. The molecule has 0 aromatic heterocycles. The number of rotatable bonds is 4. The molecule has 2 rings (SSSR count). The molecule has 0 aromatic rings. The number of hydrogen-bond acceptors (Lipinski definition) is 3. The van der Waals surface area contributed by atoms with Gasteiger partial charge in [-0.2, -0.15) is 0 Å². The predicted octanol–water partition coefficient (Wildman–Crippen LogP) is 1.02. The van der Waals surface area contributed by atoms with Crippen LogP contribution in [0.4, 0.5) is 0 Å². The molecule has 2 fully saturated rings. The fourth-order valence-corrected chi connectivity index (χ4v) is 2.89. The van der Waals surface area contributed by atoms with Gasteiger partial charge in [0.05, 0.1) is 6.61 Å². The van der Waals surface area contributed by atoms with Crippen molar-refractivity contribution >= 4 is 0 Å². The zero-order valence-corrected chi connectivity index (χ0v) is 9.60. The normalized spacial score (nSPS) is 30.6. The topological polar surface area (TPSA) is 44.3 Å². The molecule has 15 heavy (non-hydrogen) atoms. The minimum absolute atomic E-state index is 0.0442. The second kappa shape index (κ2) is 5.28. The van der Waals surface area contributed by atoms with E-state index in [4.69, 9.17) is 0 Å². The van der Waals surface area contributed by atoms with Crippen molar-refractivity contribution in [2.45, 2.75) is 56.5 Å². The van der Waals surface area contributed by atoms with Gasteiger partial charge < -0.3 is 15.7 Å². The maximum Gasteiger partial charge on any atom is 0.0613 e. The smallest absolute Gasteiger partial charge is 0.0613 e. The maximum absolute atomic E-state index is 9.53. The van der Waals surface area contributed by atoms with Crippen LogP contribution in [0, 0.1) is 0 Å². The minimum Gasteiger partial charge on any atom is -0.394 e. The summed E-state index contributed by atoms with van der Waals surface area (Å²) in [5, 5.41) is 16.6. The minimum atomic E-state index is 0.0442. The first-order chi connectivity index (χ1) is 7.35. The van der Waals surface area contributed by atoms with Gasteiger partial charge in [0.15, 0.2) is 0 Å². The molecule has 3 N–H and O–H groups in total. The molecule has 88 valence electrons. The Balaban J connectivity index is 1.78. The summed E-state index contributed by atoms with van der Waals surface area (Å²) in [4.78, 5) is 0. The first-order valence-electron chi connectivity index (χ1n) is 6.44. The monoisotopic (exact) mass is 212 g/mol. The summed E-state index contributed by atoms with van der Waals surface area (Å²) in [6.45, 7) is 2.50. The van der Waals surface area contributed by atoms with Gasteiger partial charge in [-0.1, -0.05) is 19.3 Å². The molecule has 3 nitrogen and oxygen atoms in total. The first-order valence-corrected chi connectivity index (χ1v) is 6.44. The average Bonchev–Trinajstić information content (AvgIpc) is 2.81. The molecule has 1 heterocycles. The zero-order chi connectivity index (χ0) is 10.6. The Morgan fingerprint density at radius 2 is 2.00 bits per heavy atom. The van der Waals surface area contributed by atoms with Crippen molar-refractivity contribution in [2.24, 2.45) is 0 Å². The van der Waals surface area contributed by atoms with Crippen molar-refractivity contribution in [2.75, 3.05) is 19.7 Å². The van der Waals surface area contributed by atoms with Crippen LogP contribution in [0.15, 0.2) is 0 Å². The molecule has 1 aliphatic heterocycles. The van der Waals surface area contributed by atoms with Crippen LogP contribution in [-0.4, -0.2) is 36.4 Å². The molecular formula is C12H24N2O. The highest BCUT2D eigenvalue weighted by Crippen LogP contribution is 2.27. The Kier molecular flexibility index (Phi) is 4.00. The van der Waals surface area contributed by atoms with Crippen molar-refractivity contribution in [1.29, 1.82) is 0 Å². The molecule has 1 unspecified atom stereocenters. The van der Waals surface area contributed by atoms with Crippen LogP contribution in [0.3, 0.4) is 0 Å². The van der Waals surface area contributed by atoms with E-state index < -0.39 is 0 Å². The molecular weight excluding hydrogens is 188 g/mol. The highest BCUT2D eigenvalue weighted by Gasteiger charge is 2.31. The summed E-state index contributed by atoms with van der Waals surface area (Å²) < 4.78 is 0. The molecule has 0 aromatic carbocycles. The van der Waals surface area contributed by atoms with Crippen LogP contribution in [-0.2, 0) is 0 Å². The third-order valence-corrected chi connectivity index (χ3v) is 4.00. The van der Waals surface area contributed by atoms with Crippen LogP contribution in [0.1, 0.15) is 44.9 Å². The summed E-state index contributed by atoms with van der Waals surface area (Å²) in [5.74, 6) is 0. The van der Waals surface area contributed by atoms with Gasteiger partial charge in [-0.25, -0.2) is 0 Å². The highest BCUT2D eigenvalue weighted by molar-refractivity contribution is 4.92. The van der Waals surface area contributed by atoms with Crippen LogP contribution in [0.5, 0.6) is 0 Å². The molecule has 3 heteroatoms. The summed E-state index contributed by atoms with van der Waals surface area (Å²) >= 11 is 0. The molecule has 1 saturated carbocycles. The largest absolute Gasteiger partial charge is 0.394 e. The Bertz CT molecular complexity index is 184. The molecule has 0 spiro atoms. The average molecular weight is 212 g/mol. The second-order valence-electron chi connectivity index (χ2n) is 5.17. The summed E-state index contributed by atoms with van der Waals surface area (Å²) in [6, 6.07) is 0.635. The van der Waals surface area contributed by atoms with Gasteiger partial charge in [-0.15, -0.1) is 0 Å². The Morgan fingerprint density at radius 3 is 2.60 bits per heavy atom. The van der Waals surface area contributed by atoms with Crippen molar-refractivity contribution in [1.82, 2.24) is 10.6 Å². The Labute approximate surface area is 92.6 Å². The quantitative estimate of drug-likeness (QED) is 0.652. The van der Waals surface area contributed by atoms with Gasteiger partial charge >= 0.3 is 0 Å². The van der Waals surface area contributed by atoms with Crippen molar-refractivity contribution in [3.63, 3.8) is 0 Å². The van der Waals surface area contributed by atoms with E-state index in [1.165, 1.54) is 38.6 Å². The third kappa shape index (κ3) is 2.92. The van der Waals surface area contributed by atoms with Gasteiger partial charge in [-0.05, 0) is 32.2 Å². The SMILES string of the molecule is OCC1(NCC2CCCN2)CCCCC1. The fourth-order valence-electron chi connectivity index (χ4n) is 2.89.